The van der Waals surface area contributed by atoms with E-state index < -0.39 is 51.8 Å². The number of aliphatic hydroxyl groups is 2. The molecule has 0 aromatic rings. The van der Waals surface area contributed by atoms with Gasteiger partial charge in [-0.2, -0.15) is 0 Å². The summed E-state index contributed by atoms with van der Waals surface area (Å²) in [6.07, 6.45) is 26.6. The second-order valence-corrected chi connectivity index (χ2v) is 13.4. The third kappa shape index (κ3) is 31.1. The minimum Gasteiger partial charge on any atom is -0.462 e. The van der Waals surface area contributed by atoms with Crippen LogP contribution < -0.4 is 0 Å². The first-order valence-electron chi connectivity index (χ1n) is 17.6. The van der Waals surface area contributed by atoms with Crippen LogP contribution in [0.15, 0.2) is 12.2 Å². The summed E-state index contributed by atoms with van der Waals surface area (Å²) in [6, 6.07) is 0. The quantitative estimate of drug-likeness (QED) is 0.0272. The maximum Gasteiger partial charge on any atom is 0.472 e. The SMILES string of the molecule is CCCCCCCCCC/C=C\CCCCCCCCCCCC(=O)OC(COC(=O)CCC)COP(=O)(O)OCC(O)CO. The Morgan fingerprint density at radius 3 is 1.64 bits per heavy atom. The minimum atomic E-state index is -4.58. The highest BCUT2D eigenvalue weighted by Crippen LogP contribution is 2.43. The van der Waals surface area contributed by atoms with Crippen LogP contribution in [0.25, 0.3) is 0 Å². The fraction of sp³-hybridized carbons (Fsp3) is 0.882. The minimum absolute atomic E-state index is 0.182. The van der Waals surface area contributed by atoms with Crippen molar-refractivity contribution in [1.82, 2.24) is 0 Å². The average Bonchev–Trinajstić information content (AvgIpc) is 3.02. The number of hydrogen-bond acceptors (Lipinski definition) is 9. The maximum absolute atomic E-state index is 12.4. The highest BCUT2D eigenvalue weighted by atomic mass is 31.2. The molecular weight excluding hydrogens is 599 g/mol. The summed E-state index contributed by atoms with van der Waals surface area (Å²) in [5.41, 5.74) is 0. The van der Waals surface area contributed by atoms with E-state index in [1.165, 1.54) is 96.3 Å². The molecule has 0 saturated heterocycles. The van der Waals surface area contributed by atoms with Crippen LogP contribution in [0.2, 0.25) is 0 Å². The standard InChI is InChI=1S/C34H65O10P/c1-3-5-6-7-8-9-10-11-12-13-14-15-16-17-18-19-20-21-22-23-24-26-34(38)44-32(29-41-33(37)25-4-2)30-43-45(39,40)42-28-31(36)27-35/h13-14,31-32,35-36H,3-12,15-30H2,1-2H3,(H,39,40)/b14-13-. The van der Waals surface area contributed by atoms with Crippen LogP contribution in [0.5, 0.6) is 0 Å². The van der Waals surface area contributed by atoms with E-state index in [0.717, 1.165) is 19.3 Å². The van der Waals surface area contributed by atoms with Crippen molar-refractivity contribution in [2.75, 3.05) is 26.4 Å². The van der Waals surface area contributed by atoms with Crippen LogP contribution in [0.4, 0.5) is 0 Å². The molecule has 0 amide bonds. The number of carbonyl (C=O) groups excluding carboxylic acids is 2. The van der Waals surface area contributed by atoms with E-state index in [2.05, 4.69) is 23.6 Å². The normalized spacial score (nSPS) is 14.3. The number of aliphatic hydroxyl groups excluding tert-OH is 2. The Bertz CT molecular complexity index is 776. The number of esters is 2. The molecule has 0 bridgehead atoms. The third-order valence-electron chi connectivity index (χ3n) is 7.39. The summed E-state index contributed by atoms with van der Waals surface area (Å²) in [7, 11) is -4.58. The zero-order valence-electron chi connectivity index (χ0n) is 28.3. The van der Waals surface area contributed by atoms with Gasteiger partial charge in [-0.25, -0.2) is 4.57 Å². The summed E-state index contributed by atoms with van der Waals surface area (Å²) >= 11 is 0. The molecule has 3 atom stereocenters. The number of rotatable bonds is 33. The number of carbonyl (C=O) groups is 2. The van der Waals surface area contributed by atoms with E-state index in [4.69, 9.17) is 19.1 Å². The van der Waals surface area contributed by atoms with Gasteiger partial charge in [0.1, 0.15) is 12.7 Å². The number of allylic oxidation sites excluding steroid dienone is 2. The molecular formula is C34H65O10P. The van der Waals surface area contributed by atoms with Gasteiger partial charge in [0, 0.05) is 12.8 Å². The van der Waals surface area contributed by atoms with Crippen molar-refractivity contribution >= 4 is 19.8 Å². The number of phosphoric acid groups is 1. The summed E-state index contributed by atoms with van der Waals surface area (Å²) in [5.74, 6) is -0.986. The van der Waals surface area contributed by atoms with E-state index >= 15 is 0 Å². The Labute approximate surface area is 273 Å². The molecule has 10 nitrogen and oxygen atoms in total. The first-order valence-corrected chi connectivity index (χ1v) is 19.1. The predicted molar refractivity (Wildman–Crippen MR) is 178 cm³/mol. The maximum atomic E-state index is 12.4. The van der Waals surface area contributed by atoms with Gasteiger partial charge in [0.25, 0.3) is 0 Å². The Balaban J connectivity index is 3.93. The molecule has 0 heterocycles. The van der Waals surface area contributed by atoms with E-state index in [-0.39, 0.29) is 19.4 Å². The largest absolute Gasteiger partial charge is 0.472 e. The second kappa shape index (κ2) is 31.3. The number of unbranched alkanes of at least 4 members (excludes halogenated alkanes) is 17. The number of ether oxygens (including phenoxy) is 2. The summed E-state index contributed by atoms with van der Waals surface area (Å²) in [6.45, 7) is 1.96. The molecule has 0 aliphatic rings. The van der Waals surface area contributed by atoms with Crippen LogP contribution in [0.3, 0.4) is 0 Å². The van der Waals surface area contributed by atoms with E-state index in [1.807, 2.05) is 6.92 Å². The zero-order chi connectivity index (χ0) is 33.4. The van der Waals surface area contributed by atoms with Gasteiger partial charge in [0.05, 0.1) is 19.8 Å². The zero-order valence-corrected chi connectivity index (χ0v) is 29.2. The first kappa shape index (κ1) is 43.7. The molecule has 0 rings (SSSR count). The van der Waals surface area contributed by atoms with Gasteiger partial charge in [-0.15, -0.1) is 0 Å². The average molecular weight is 665 g/mol. The van der Waals surface area contributed by atoms with Gasteiger partial charge in [-0.05, 0) is 38.5 Å². The molecule has 0 aliphatic carbocycles. The topological polar surface area (TPSA) is 149 Å². The lowest BCUT2D eigenvalue weighted by Crippen LogP contribution is -2.29. The van der Waals surface area contributed by atoms with Crippen molar-refractivity contribution in [3.05, 3.63) is 12.2 Å². The molecule has 0 radical (unpaired) electrons. The Kier molecular flexibility index (Phi) is 30.4. The molecule has 0 spiro atoms. The first-order chi connectivity index (χ1) is 21.7. The fourth-order valence-electron chi connectivity index (χ4n) is 4.67. The smallest absolute Gasteiger partial charge is 0.462 e. The van der Waals surface area contributed by atoms with Crippen molar-refractivity contribution in [1.29, 1.82) is 0 Å². The van der Waals surface area contributed by atoms with E-state index in [1.54, 1.807) is 0 Å². The van der Waals surface area contributed by atoms with Crippen molar-refractivity contribution < 1.29 is 47.8 Å². The Morgan fingerprint density at radius 2 is 1.13 bits per heavy atom. The summed E-state index contributed by atoms with van der Waals surface area (Å²) in [4.78, 5) is 33.8. The monoisotopic (exact) mass is 664 g/mol. The highest BCUT2D eigenvalue weighted by molar-refractivity contribution is 7.47. The second-order valence-electron chi connectivity index (χ2n) is 11.9. The fourth-order valence-corrected chi connectivity index (χ4v) is 5.46. The molecule has 3 unspecified atom stereocenters. The molecule has 0 aliphatic heterocycles. The van der Waals surface area contributed by atoms with Crippen LogP contribution in [-0.4, -0.2) is 65.7 Å². The van der Waals surface area contributed by atoms with Crippen molar-refractivity contribution in [2.45, 2.75) is 167 Å². The molecule has 0 aromatic heterocycles. The van der Waals surface area contributed by atoms with Gasteiger partial charge in [0.15, 0.2) is 6.10 Å². The van der Waals surface area contributed by atoms with Gasteiger partial charge in [-0.3, -0.25) is 18.6 Å². The van der Waals surface area contributed by atoms with Gasteiger partial charge >= 0.3 is 19.8 Å². The van der Waals surface area contributed by atoms with Crippen LogP contribution in [0.1, 0.15) is 155 Å². The van der Waals surface area contributed by atoms with Crippen molar-refractivity contribution in [3.63, 3.8) is 0 Å². The van der Waals surface area contributed by atoms with Crippen LogP contribution in [-0.2, 0) is 32.7 Å². The molecule has 266 valence electrons. The van der Waals surface area contributed by atoms with Gasteiger partial charge in [-0.1, -0.05) is 116 Å². The lowest BCUT2D eigenvalue weighted by Gasteiger charge is -2.20. The van der Waals surface area contributed by atoms with Crippen LogP contribution >= 0.6 is 7.82 Å². The van der Waals surface area contributed by atoms with Crippen molar-refractivity contribution in [3.8, 4) is 0 Å². The summed E-state index contributed by atoms with van der Waals surface area (Å²) in [5, 5.41) is 18.1. The summed E-state index contributed by atoms with van der Waals surface area (Å²) < 4.78 is 31.9. The van der Waals surface area contributed by atoms with E-state index in [0.29, 0.717) is 12.8 Å². The molecule has 0 aromatic carbocycles. The molecule has 0 fully saturated rings. The lowest BCUT2D eigenvalue weighted by atomic mass is 10.1. The molecule has 3 N–H and O–H groups in total. The third-order valence-corrected chi connectivity index (χ3v) is 8.34. The van der Waals surface area contributed by atoms with Crippen molar-refractivity contribution in [2.24, 2.45) is 0 Å². The van der Waals surface area contributed by atoms with E-state index in [9.17, 15) is 24.2 Å². The molecule has 45 heavy (non-hydrogen) atoms. The Morgan fingerprint density at radius 1 is 0.644 bits per heavy atom. The van der Waals surface area contributed by atoms with Crippen LogP contribution in [0, 0.1) is 0 Å². The molecule has 0 saturated carbocycles. The Hall–Kier alpha value is -1.29. The van der Waals surface area contributed by atoms with Gasteiger partial charge < -0.3 is 24.6 Å². The highest BCUT2D eigenvalue weighted by Gasteiger charge is 2.27. The number of hydrogen-bond donors (Lipinski definition) is 3. The lowest BCUT2D eigenvalue weighted by molar-refractivity contribution is -0.161. The number of phosphoric ester groups is 1. The van der Waals surface area contributed by atoms with Gasteiger partial charge in [0.2, 0.25) is 0 Å². The molecule has 11 heteroatoms. The predicted octanol–water partition coefficient (Wildman–Crippen LogP) is 8.11.